The SMILES string of the molecule is CCNC(=O)C1CNCCN1c1nccn2nc(C)cc12. The van der Waals surface area contributed by atoms with Crippen LogP contribution >= 0.6 is 0 Å². The molecule has 3 heterocycles. The summed E-state index contributed by atoms with van der Waals surface area (Å²) >= 11 is 0. The van der Waals surface area contributed by atoms with Crippen molar-refractivity contribution in [3.8, 4) is 0 Å². The Morgan fingerprint density at radius 2 is 2.43 bits per heavy atom. The summed E-state index contributed by atoms with van der Waals surface area (Å²) in [7, 11) is 0. The lowest BCUT2D eigenvalue weighted by Gasteiger charge is -2.36. The van der Waals surface area contributed by atoms with Crippen molar-refractivity contribution < 1.29 is 4.79 Å². The van der Waals surface area contributed by atoms with E-state index < -0.39 is 0 Å². The minimum atomic E-state index is -0.243. The van der Waals surface area contributed by atoms with Crippen LogP contribution in [0.2, 0.25) is 0 Å². The molecule has 1 amide bonds. The molecule has 1 atom stereocenters. The molecule has 112 valence electrons. The lowest BCUT2D eigenvalue weighted by molar-refractivity contribution is -0.122. The minimum absolute atomic E-state index is 0.0322. The number of nitrogens with one attached hydrogen (secondary N) is 2. The number of likely N-dealkylation sites (N-methyl/N-ethyl adjacent to an activating group) is 1. The molecule has 0 aromatic carbocycles. The summed E-state index contributed by atoms with van der Waals surface area (Å²) in [5.41, 5.74) is 1.88. The molecule has 0 spiro atoms. The van der Waals surface area contributed by atoms with Crippen LogP contribution in [0, 0.1) is 6.92 Å². The highest BCUT2D eigenvalue weighted by molar-refractivity contribution is 5.87. The van der Waals surface area contributed by atoms with Crippen molar-refractivity contribution in [2.24, 2.45) is 0 Å². The predicted molar refractivity (Wildman–Crippen MR) is 80.4 cm³/mol. The van der Waals surface area contributed by atoms with E-state index >= 15 is 0 Å². The van der Waals surface area contributed by atoms with E-state index in [4.69, 9.17) is 0 Å². The van der Waals surface area contributed by atoms with Gasteiger partial charge in [0.05, 0.1) is 5.69 Å². The molecule has 3 rings (SSSR count). The average molecular weight is 288 g/mol. The zero-order chi connectivity index (χ0) is 14.8. The van der Waals surface area contributed by atoms with Gasteiger partial charge in [-0.2, -0.15) is 5.10 Å². The largest absolute Gasteiger partial charge is 0.355 e. The molecule has 0 bridgehead atoms. The Bertz CT molecular complexity index is 652. The Hall–Kier alpha value is -2.15. The second-order valence-corrected chi connectivity index (χ2v) is 5.17. The van der Waals surface area contributed by atoms with Gasteiger partial charge in [0.15, 0.2) is 5.82 Å². The lowest BCUT2D eigenvalue weighted by Crippen LogP contribution is -2.58. The van der Waals surface area contributed by atoms with Crippen LogP contribution in [0.1, 0.15) is 12.6 Å². The van der Waals surface area contributed by atoms with Crippen LogP contribution < -0.4 is 15.5 Å². The number of hydrogen-bond acceptors (Lipinski definition) is 5. The Balaban J connectivity index is 2.00. The first-order valence-electron chi connectivity index (χ1n) is 7.26. The van der Waals surface area contributed by atoms with Gasteiger partial charge in [0.1, 0.15) is 11.6 Å². The van der Waals surface area contributed by atoms with Gasteiger partial charge in [-0.15, -0.1) is 0 Å². The minimum Gasteiger partial charge on any atom is -0.355 e. The van der Waals surface area contributed by atoms with E-state index in [1.807, 2.05) is 30.6 Å². The Morgan fingerprint density at radius 3 is 3.24 bits per heavy atom. The lowest BCUT2D eigenvalue weighted by atomic mass is 10.1. The zero-order valence-corrected chi connectivity index (χ0v) is 12.3. The summed E-state index contributed by atoms with van der Waals surface area (Å²) in [6.45, 7) is 6.73. The van der Waals surface area contributed by atoms with Gasteiger partial charge < -0.3 is 15.5 Å². The third kappa shape index (κ3) is 2.56. The van der Waals surface area contributed by atoms with Gasteiger partial charge in [0, 0.05) is 38.6 Å². The van der Waals surface area contributed by atoms with Gasteiger partial charge in [0.2, 0.25) is 5.91 Å². The van der Waals surface area contributed by atoms with Crippen molar-refractivity contribution >= 4 is 17.2 Å². The fourth-order valence-electron chi connectivity index (χ4n) is 2.74. The number of piperazine rings is 1. The van der Waals surface area contributed by atoms with Crippen molar-refractivity contribution in [3.05, 3.63) is 24.2 Å². The number of aryl methyl sites for hydroxylation is 1. The highest BCUT2D eigenvalue weighted by atomic mass is 16.2. The van der Waals surface area contributed by atoms with E-state index in [0.29, 0.717) is 13.1 Å². The predicted octanol–water partition coefficient (Wildman–Crippen LogP) is -0.0480. The Labute approximate surface area is 123 Å². The molecule has 1 aliphatic heterocycles. The second-order valence-electron chi connectivity index (χ2n) is 5.17. The Kier molecular flexibility index (Phi) is 3.74. The first-order chi connectivity index (χ1) is 10.2. The van der Waals surface area contributed by atoms with Gasteiger partial charge in [-0.1, -0.05) is 0 Å². The van der Waals surface area contributed by atoms with Crippen molar-refractivity contribution in [1.29, 1.82) is 0 Å². The molecule has 1 unspecified atom stereocenters. The molecule has 0 saturated carbocycles. The molecule has 7 nitrogen and oxygen atoms in total. The molecule has 2 aromatic rings. The van der Waals surface area contributed by atoms with Crippen LogP contribution in [0.4, 0.5) is 5.82 Å². The molecular formula is C14H20N6O. The topological polar surface area (TPSA) is 74.6 Å². The van der Waals surface area contributed by atoms with Crippen LogP contribution in [-0.2, 0) is 4.79 Å². The molecule has 1 aliphatic rings. The summed E-state index contributed by atoms with van der Waals surface area (Å²) in [5, 5.41) is 10.6. The number of hydrogen-bond donors (Lipinski definition) is 2. The van der Waals surface area contributed by atoms with Crippen LogP contribution in [0.25, 0.3) is 5.52 Å². The number of carbonyl (C=O) groups is 1. The van der Waals surface area contributed by atoms with Gasteiger partial charge in [-0.3, -0.25) is 4.79 Å². The maximum atomic E-state index is 12.3. The maximum absolute atomic E-state index is 12.3. The monoisotopic (exact) mass is 288 g/mol. The molecule has 21 heavy (non-hydrogen) atoms. The van der Waals surface area contributed by atoms with Crippen LogP contribution in [0.3, 0.4) is 0 Å². The molecule has 2 N–H and O–H groups in total. The van der Waals surface area contributed by atoms with Crippen LogP contribution in [-0.4, -0.2) is 52.7 Å². The van der Waals surface area contributed by atoms with Crippen molar-refractivity contribution in [2.75, 3.05) is 31.1 Å². The smallest absolute Gasteiger partial charge is 0.244 e. The summed E-state index contributed by atoms with van der Waals surface area (Å²) in [6, 6.07) is 1.76. The van der Waals surface area contributed by atoms with E-state index in [1.54, 1.807) is 6.20 Å². The molecule has 0 aliphatic carbocycles. The van der Waals surface area contributed by atoms with E-state index in [-0.39, 0.29) is 11.9 Å². The highest BCUT2D eigenvalue weighted by Crippen LogP contribution is 2.22. The fraction of sp³-hybridized carbons (Fsp3) is 0.500. The molecule has 7 heteroatoms. The third-order valence-corrected chi connectivity index (χ3v) is 3.66. The standard InChI is InChI=1S/C14H20N6O/c1-3-16-14(21)12-9-15-4-6-19(12)13-11-8-10(2)18-20(11)7-5-17-13/h5,7-8,12,15H,3-4,6,9H2,1-2H3,(H,16,21). The number of anilines is 1. The van der Waals surface area contributed by atoms with Gasteiger partial charge >= 0.3 is 0 Å². The van der Waals surface area contributed by atoms with Gasteiger partial charge in [-0.05, 0) is 19.9 Å². The van der Waals surface area contributed by atoms with Crippen molar-refractivity contribution in [3.63, 3.8) is 0 Å². The number of fused-ring (bicyclic) bond motifs is 1. The third-order valence-electron chi connectivity index (χ3n) is 3.66. The van der Waals surface area contributed by atoms with E-state index in [0.717, 1.165) is 30.1 Å². The molecule has 1 fully saturated rings. The molecule has 1 saturated heterocycles. The average Bonchev–Trinajstić information content (AvgIpc) is 2.87. The number of rotatable bonds is 3. The van der Waals surface area contributed by atoms with E-state index in [9.17, 15) is 4.79 Å². The summed E-state index contributed by atoms with van der Waals surface area (Å²) < 4.78 is 1.81. The van der Waals surface area contributed by atoms with Gasteiger partial charge in [0.25, 0.3) is 0 Å². The van der Waals surface area contributed by atoms with Crippen LogP contribution in [0.15, 0.2) is 18.5 Å². The molecule has 0 radical (unpaired) electrons. The normalized spacial score (nSPS) is 19.0. The number of carbonyl (C=O) groups excluding carboxylic acids is 1. The first kappa shape index (κ1) is 13.8. The van der Waals surface area contributed by atoms with Gasteiger partial charge in [-0.25, -0.2) is 9.50 Å². The summed E-state index contributed by atoms with van der Waals surface area (Å²) in [5.74, 6) is 0.848. The Morgan fingerprint density at radius 1 is 1.57 bits per heavy atom. The fourth-order valence-corrected chi connectivity index (χ4v) is 2.74. The van der Waals surface area contributed by atoms with Crippen molar-refractivity contribution in [2.45, 2.75) is 19.9 Å². The number of aromatic nitrogens is 3. The molecule has 2 aromatic heterocycles. The molecular weight excluding hydrogens is 268 g/mol. The maximum Gasteiger partial charge on any atom is 0.244 e. The number of nitrogens with zero attached hydrogens (tertiary/aromatic N) is 4. The second kappa shape index (κ2) is 5.69. The summed E-state index contributed by atoms with van der Waals surface area (Å²) in [6.07, 6.45) is 3.56. The highest BCUT2D eigenvalue weighted by Gasteiger charge is 2.30. The number of amides is 1. The van der Waals surface area contributed by atoms with E-state index in [1.165, 1.54) is 0 Å². The summed E-state index contributed by atoms with van der Waals surface area (Å²) in [4.78, 5) is 18.8. The quantitative estimate of drug-likeness (QED) is 0.828. The van der Waals surface area contributed by atoms with Crippen molar-refractivity contribution in [1.82, 2.24) is 25.2 Å². The van der Waals surface area contributed by atoms with Crippen LogP contribution in [0.5, 0.6) is 0 Å². The van der Waals surface area contributed by atoms with E-state index in [2.05, 4.69) is 25.6 Å². The zero-order valence-electron chi connectivity index (χ0n) is 12.3. The first-order valence-corrected chi connectivity index (χ1v) is 7.26.